The Bertz CT molecular complexity index is 268. The molecule has 14 heavy (non-hydrogen) atoms. The summed E-state index contributed by atoms with van der Waals surface area (Å²) < 4.78 is 5.25. The van der Waals surface area contributed by atoms with E-state index >= 15 is 0 Å². The number of urea groups is 1. The normalized spacial score (nSPS) is 28.6. The molecule has 2 amide bonds. The maximum atomic E-state index is 11.2. The molecule has 1 atom stereocenters. The van der Waals surface area contributed by atoms with Crippen molar-refractivity contribution < 1.29 is 9.53 Å². The van der Waals surface area contributed by atoms with E-state index in [1.54, 1.807) is 0 Å². The number of amides is 2. The maximum Gasteiger partial charge on any atom is 0.330 e. The van der Waals surface area contributed by atoms with Crippen molar-refractivity contribution in [1.82, 2.24) is 10.2 Å². The highest BCUT2D eigenvalue weighted by molar-refractivity contribution is 5.78. The lowest BCUT2D eigenvalue weighted by atomic mass is 9.92. The van der Waals surface area contributed by atoms with Crippen LogP contribution in [0.3, 0.4) is 0 Å². The van der Waals surface area contributed by atoms with Gasteiger partial charge in [0.05, 0.1) is 12.6 Å². The first-order chi connectivity index (χ1) is 6.81. The standard InChI is InChI=1S/C9H13N3O2/c10-6-12-5-8(11-9(12)13)7-1-3-14-4-2-7/h7-8H,1-5H2,(H,11,13). The van der Waals surface area contributed by atoms with Crippen LogP contribution in [0.5, 0.6) is 0 Å². The summed E-state index contributed by atoms with van der Waals surface area (Å²) in [5.41, 5.74) is 0. The van der Waals surface area contributed by atoms with E-state index in [4.69, 9.17) is 10.00 Å². The first-order valence-corrected chi connectivity index (χ1v) is 4.87. The van der Waals surface area contributed by atoms with Crippen molar-refractivity contribution in [3.05, 3.63) is 0 Å². The smallest absolute Gasteiger partial charge is 0.330 e. The Hall–Kier alpha value is -1.28. The van der Waals surface area contributed by atoms with Gasteiger partial charge in [-0.3, -0.25) is 0 Å². The summed E-state index contributed by atoms with van der Waals surface area (Å²) >= 11 is 0. The van der Waals surface area contributed by atoms with Crippen LogP contribution in [0.2, 0.25) is 0 Å². The van der Waals surface area contributed by atoms with Crippen LogP contribution in [0.1, 0.15) is 12.8 Å². The van der Waals surface area contributed by atoms with Crippen molar-refractivity contribution in [3.63, 3.8) is 0 Å². The molecule has 0 aromatic rings. The summed E-state index contributed by atoms with van der Waals surface area (Å²) in [7, 11) is 0. The molecule has 2 heterocycles. The molecule has 0 spiro atoms. The Labute approximate surface area is 82.6 Å². The first-order valence-electron chi connectivity index (χ1n) is 4.87. The van der Waals surface area contributed by atoms with Crippen LogP contribution in [0.4, 0.5) is 4.79 Å². The third-order valence-electron chi connectivity index (χ3n) is 2.89. The second-order valence-electron chi connectivity index (χ2n) is 3.72. The van der Waals surface area contributed by atoms with Crippen LogP contribution in [-0.4, -0.2) is 36.7 Å². The average Bonchev–Trinajstić information content (AvgIpc) is 2.61. The number of carbonyl (C=O) groups is 1. The number of nitriles is 1. The zero-order chi connectivity index (χ0) is 9.97. The molecule has 2 aliphatic heterocycles. The van der Waals surface area contributed by atoms with Crippen LogP contribution >= 0.6 is 0 Å². The molecule has 1 unspecified atom stereocenters. The van der Waals surface area contributed by atoms with Gasteiger partial charge in [-0.25, -0.2) is 9.69 Å². The lowest BCUT2D eigenvalue weighted by Gasteiger charge is -2.26. The van der Waals surface area contributed by atoms with Crippen LogP contribution in [0.15, 0.2) is 0 Å². The van der Waals surface area contributed by atoms with E-state index in [0.29, 0.717) is 12.5 Å². The molecule has 1 N–H and O–H groups in total. The first kappa shape index (κ1) is 9.28. The summed E-state index contributed by atoms with van der Waals surface area (Å²) in [4.78, 5) is 12.4. The maximum absolute atomic E-state index is 11.2. The van der Waals surface area contributed by atoms with E-state index in [-0.39, 0.29) is 12.1 Å². The fraction of sp³-hybridized carbons (Fsp3) is 0.778. The van der Waals surface area contributed by atoms with Gasteiger partial charge in [0, 0.05) is 13.2 Å². The molecule has 2 rings (SSSR count). The minimum absolute atomic E-state index is 0.131. The highest BCUT2D eigenvalue weighted by atomic mass is 16.5. The molecular weight excluding hydrogens is 182 g/mol. The Balaban J connectivity index is 1.94. The quantitative estimate of drug-likeness (QED) is 0.611. The molecule has 0 radical (unpaired) electrons. The lowest BCUT2D eigenvalue weighted by Crippen LogP contribution is -2.37. The molecule has 76 valence electrons. The molecule has 5 heteroatoms. The highest BCUT2D eigenvalue weighted by Crippen LogP contribution is 2.22. The van der Waals surface area contributed by atoms with E-state index in [0.717, 1.165) is 26.1 Å². The fourth-order valence-corrected chi connectivity index (χ4v) is 2.03. The molecule has 5 nitrogen and oxygen atoms in total. The van der Waals surface area contributed by atoms with E-state index in [2.05, 4.69) is 5.32 Å². The third kappa shape index (κ3) is 1.66. The van der Waals surface area contributed by atoms with Gasteiger partial charge in [0.15, 0.2) is 6.19 Å². The van der Waals surface area contributed by atoms with Gasteiger partial charge in [-0.05, 0) is 18.8 Å². The van der Waals surface area contributed by atoms with Crippen molar-refractivity contribution in [2.24, 2.45) is 5.92 Å². The summed E-state index contributed by atoms with van der Waals surface area (Å²) in [5, 5.41) is 11.5. The molecule has 2 saturated heterocycles. The molecule has 0 aromatic carbocycles. The second-order valence-corrected chi connectivity index (χ2v) is 3.72. The van der Waals surface area contributed by atoms with Crippen LogP contribution in [0, 0.1) is 17.4 Å². The summed E-state index contributed by atoms with van der Waals surface area (Å²) in [6.07, 6.45) is 3.83. The molecule has 0 saturated carbocycles. The third-order valence-corrected chi connectivity index (χ3v) is 2.89. The average molecular weight is 195 g/mol. The van der Waals surface area contributed by atoms with Gasteiger partial charge in [0.1, 0.15) is 0 Å². The molecule has 0 bridgehead atoms. The van der Waals surface area contributed by atoms with Crippen molar-refractivity contribution in [2.75, 3.05) is 19.8 Å². The number of nitrogens with zero attached hydrogens (tertiary/aromatic N) is 2. The minimum Gasteiger partial charge on any atom is -0.381 e. The van der Waals surface area contributed by atoms with Gasteiger partial charge in [0.25, 0.3) is 0 Å². The van der Waals surface area contributed by atoms with Gasteiger partial charge in [-0.15, -0.1) is 0 Å². The van der Waals surface area contributed by atoms with E-state index in [1.165, 1.54) is 4.90 Å². The molecular formula is C9H13N3O2. The number of ether oxygens (including phenoxy) is 1. The van der Waals surface area contributed by atoms with Crippen molar-refractivity contribution >= 4 is 6.03 Å². The molecule has 0 aliphatic carbocycles. The van der Waals surface area contributed by atoms with Gasteiger partial charge in [-0.1, -0.05) is 0 Å². The monoisotopic (exact) mass is 195 g/mol. The predicted molar refractivity (Wildman–Crippen MR) is 48.2 cm³/mol. The number of hydrogen-bond donors (Lipinski definition) is 1. The molecule has 0 aromatic heterocycles. The largest absolute Gasteiger partial charge is 0.381 e. The van der Waals surface area contributed by atoms with Crippen LogP contribution in [-0.2, 0) is 4.74 Å². The Kier molecular flexibility index (Phi) is 2.55. The van der Waals surface area contributed by atoms with Gasteiger partial charge >= 0.3 is 6.03 Å². The minimum atomic E-state index is -0.260. The van der Waals surface area contributed by atoms with Crippen molar-refractivity contribution in [2.45, 2.75) is 18.9 Å². The summed E-state index contributed by atoms with van der Waals surface area (Å²) in [6.45, 7) is 2.05. The molecule has 2 fully saturated rings. The Morgan fingerprint density at radius 1 is 1.50 bits per heavy atom. The lowest BCUT2D eigenvalue weighted by molar-refractivity contribution is 0.0571. The van der Waals surface area contributed by atoms with Gasteiger partial charge in [0.2, 0.25) is 0 Å². The SMILES string of the molecule is N#CN1CC(C2CCOCC2)NC1=O. The van der Waals surface area contributed by atoms with Gasteiger partial charge < -0.3 is 10.1 Å². The van der Waals surface area contributed by atoms with Crippen LogP contribution < -0.4 is 5.32 Å². The summed E-state index contributed by atoms with van der Waals surface area (Å²) in [5.74, 6) is 0.464. The zero-order valence-electron chi connectivity index (χ0n) is 7.90. The topological polar surface area (TPSA) is 65.4 Å². The van der Waals surface area contributed by atoms with E-state index in [1.807, 2.05) is 6.19 Å². The molecule has 2 aliphatic rings. The van der Waals surface area contributed by atoms with E-state index in [9.17, 15) is 4.79 Å². The number of nitrogens with one attached hydrogen (secondary N) is 1. The number of carbonyl (C=O) groups excluding carboxylic acids is 1. The summed E-state index contributed by atoms with van der Waals surface area (Å²) in [6, 6.07) is -0.130. The van der Waals surface area contributed by atoms with E-state index < -0.39 is 0 Å². The number of hydrogen-bond acceptors (Lipinski definition) is 3. The predicted octanol–water partition coefficient (Wildman–Crippen LogP) is 0.288. The Morgan fingerprint density at radius 3 is 2.79 bits per heavy atom. The van der Waals surface area contributed by atoms with Crippen LogP contribution in [0.25, 0.3) is 0 Å². The zero-order valence-corrected chi connectivity index (χ0v) is 7.90. The second kappa shape index (κ2) is 3.84. The fourth-order valence-electron chi connectivity index (χ4n) is 2.03. The highest BCUT2D eigenvalue weighted by Gasteiger charge is 2.34. The van der Waals surface area contributed by atoms with Crippen molar-refractivity contribution in [3.8, 4) is 6.19 Å². The van der Waals surface area contributed by atoms with Crippen molar-refractivity contribution in [1.29, 1.82) is 5.26 Å². The Morgan fingerprint density at radius 2 is 2.21 bits per heavy atom. The number of rotatable bonds is 1. The van der Waals surface area contributed by atoms with Gasteiger partial charge in [-0.2, -0.15) is 5.26 Å².